The van der Waals surface area contributed by atoms with Gasteiger partial charge < -0.3 is 4.74 Å². The number of halogens is 2. The molecule has 1 rings (SSSR count). The predicted molar refractivity (Wildman–Crippen MR) is 69.9 cm³/mol. The number of carbonyl (C=O) groups is 1. The molecule has 0 spiro atoms. The van der Waals surface area contributed by atoms with Gasteiger partial charge in [0.1, 0.15) is 16.0 Å². The Labute approximate surface area is 113 Å². The largest absolute Gasteiger partial charge is 0.443 e. The van der Waals surface area contributed by atoms with Gasteiger partial charge in [-0.1, -0.05) is 11.6 Å². The van der Waals surface area contributed by atoms with Crippen LogP contribution in [0.1, 0.15) is 20.8 Å². The van der Waals surface area contributed by atoms with Crippen LogP contribution in [0.25, 0.3) is 0 Å². The van der Waals surface area contributed by atoms with E-state index in [-0.39, 0.29) is 0 Å². The van der Waals surface area contributed by atoms with Gasteiger partial charge in [-0.15, -0.1) is 0 Å². The Balaban J connectivity index is 2.50. The molecular weight excluding hydrogens is 309 g/mol. The summed E-state index contributed by atoms with van der Waals surface area (Å²) in [6.07, 6.45) is -0.578. The Bertz CT molecular complexity index is 421. The Hall–Kier alpha value is -1.01. The SMILES string of the molecule is CC(C)(C)OC(=O)NNc1ccc(Cl)c(Br)n1. The zero-order valence-corrected chi connectivity index (χ0v) is 12.0. The highest BCUT2D eigenvalue weighted by atomic mass is 79.9. The summed E-state index contributed by atoms with van der Waals surface area (Å²) in [4.78, 5) is 15.4. The molecular formula is C10H13BrClN3O2. The normalized spacial score (nSPS) is 10.9. The minimum absolute atomic E-state index is 0.451. The van der Waals surface area contributed by atoms with Gasteiger partial charge in [-0.2, -0.15) is 0 Å². The highest BCUT2D eigenvalue weighted by molar-refractivity contribution is 9.10. The van der Waals surface area contributed by atoms with Crippen LogP contribution in [-0.2, 0) is 4.74 Å². The van der Waals surface area contributed by atoms with Gasteiger partial charge in [0.25, 0.3) is 0 Å². The van der Waals surface area contributed by atoms with Crippen LogP contribution in [0.5, 0.6) is 0 Å². The number of amides is 1. The van der Waals surface area contributed by atoms with Crippen molar-refractivity contribution in [3.8, 4) is 0 Å². The van der Waals surface area contributed by atoms with Crippen molar-refractivity contribution in [3.05, 3.63) is 21.8 Å². The highest BCUT2D eigenvalue weighted by Gasteiger charge is 2.15. The maximum Gasteiger partial charge on any atom is 0.426 e. The van der Waals surface area contributed by atoms with E-state index < -0.39 is 11.7 Å². The summed E-state index contributed by atoms with van der Waals surface area (Å²) in [5.41, 5.74) is 4.43. The fourth-order valence-electron chi connectivity index (χ4n) is 0.906. The Morgan fingerprint density at radius 1 is 1.47 bits per heavy atom. The number of pyridine rings is 1. The Kier molecular flexibility index (Phi) is 4.59. The molecule has 0 aromatic carbocycles. The molecule has 0 atom stereocenters. The zero-order chi connectivity index (χ0) is 13.1. The molecule has 0 saturated carbocycles. The van der Waals surface area contributed by atoms with Crippen molar-refractivity contribution in [2.24, 2.45) is 0 Å². The van der Waals surface area contributed by atoms with E-state index >= 15 is 0 Å². The van der Waals surface area contributed by atoms with Crippen molar-refractivity contribution in [3.63, 3.8) is 0 Å². The summed E-state index contributed by atoms with van der Waals surface area (Å²) in [5, 5.41) is 0.493. The molecule has 1 amide bonds. The lowest BCUT2D eigenvalue weighted by molar-refractivity contribution is 0.0541. The first-order chi connectivity index (χ1) is 7.78. The second-order valence-corrected chi connectivity index (χ2v) is 5.38. The number of nitrogens with zero attached hydrogens (tertiary/aromatic N) is 1. The third-order valence-electron chi connectivity index (χ3n) is 1.49. The first-order valence-electron chi connectivity index (χ1n) is 4.85. The maximum absolute atomic E-state index is 11.3. The van der Waals surface area contributed by atoms with Crippen LogP contribution in [0.3, 0.4) is 0 Å². The third kappa shape index (κ3) is 5.23. The molecule has 1 heterocycles. The van der Waals surface area contributed by atoms with E-state index in [0.29, 0.717) is 15.4 Å². The summed E-state index contributed by atoms with van der Waals surface area (Å²) in [5.74, 6) is 0.451. The molecule has 0 aliphatic carbocycles. The second-order valence-electron chi connectivity index (χ2n) is 4.22. The number of anilines is 1. The van der Waals surface area contributed by atoms with Crippen molar-refractivity contribution in [2.45, 2.75) is 26.4 Å². The van der Waals surface area contributed by atoms with Gasteiger partial charge in [-0.3, -0.25) is 5.43 Å². The first kappa shape index (κ1) is 14.1. The molecule has 1 aromatic heterocycles. The number of hydrogen-bond acceptors (Lipinski definition) is 4. The lowest BCUT2D eigenvalue weighted by atomic mass is 10.2. The molecule has 7 heteroatoms. The average molecular weight is 323 g/mol. The van der Waals surface area contributed by atoms with E-state index in [0.717, 1.165) is 0 Å². The topological polar surface area (TPSA) is 63.2 Å². The number of nitrogens with one attached hydrogen (secondary N) is 2. The van der Waals surface area contributed by atoms with Gasteiger partial charge in [-0.25, -0.2) is 15.2 Å². The molecule has 0 radical (unpaired) electrons. The molecule has 0 unspecified atom stereocenters. The van der Waals surface area contributed by atoms with E-state index in [1.165, 1.54) is 0 Å². The van der Waals surface area contributed by atoms with Gasteiger partial charge >= 0.3 is 6.09 Å². The molecule has 0 aliphatic heterocycles. The number of ether oxygens (including phenoxy) is 1. The van der Waals surface area contributed by atoms with Crippen LogP contribution in [0.2, 0.25) is 5.02 Å². The Morgan fingerprint density at radius 3 is 2.65 bits per heavy atom. The summed E-state index contributed by atoms with van der Waals surface area (Å²) in [6, 6.07) is 3.28. The Morgan fingerprint density at radius 2 is 2.12 bits per heavy atom. The molecule has 0 bridgehead atoms. The molecule has 0 fully saturated rings. The number of aromatic nitrogens is 1. The molecule has 17 heavy (non-hydrogen) atoms. The van der Waals surface area contributed by atoms with Crippen molar-refractivity contribution < 1.29 is 9.53 Å². The molecule has 5 nitrogen and oxygen atoms in total. The lowest BCUT2D eigenvalue weighted by Crippen LogP contribution is -2.36. The number of rotatable bonds is 2. The lowest BCUT2D eigenvalue weighted by Gasteiger charge is -2.19. The van der Waals surface area contributed by atoms with Crippen LogP contribution < -0.4 is 10.9 Å². The van der Waals surface area contributed by atoms with E-state index in [2.05, 4.69) is 31.8 Å². The summed E-state index contributed by atoms with van der Waals surface area (Å²) >= 11 is 8.96. The summed E-state index contributed by atoms with van der Waals surface area (Å²) in [7, 11) is 0. The smallest absolute Gasteiger partial charge is 0.426 e. The van der Waals surface area contributed by atoms with Crippen LogP contribution in [0.15, 0.2) is 16.7 Å². The van der Waals surface area contributed by atoms with Gasteiger partial charge in [0.05, 0.1) is 5.02 Å². The highest BCUT2D eigenvalue weighted by Crippen LogP contribution is 2.21. The standard InChI is InChI=1S/C10H13BrClN3O2/c1-10(2,3)17-9(16)15-14-7-5-4-6(12)8(11)13-7/h4-5H,1-3H3,(H,13,14)(H,15,16). The van der Waals surface area contributed by atoms with Crippen molar-refractivity contribution in [1.82, 2.24) is 10.4 Å². The van der Waals surface area contributed by atoms with Gasteiger partial charge in [0, 0.05) is 0 Å². The maximum atomic E-state index is 11.3. The van der Waals surface area contributed by atoms with Gasteiger partial charge in [0.2, 0.25) is 0 Å². The minimum Gasteiger partial charge on any atom is -0.443 e. The molecule has 2 N–H and O–H groups in total. The monoisotopic (exact) mass is 321 g/mol. The summed E-state index contributed by atoms with van der Waals surface area (Å²) in [6.45, 7) is 5.34. The number of hydrazine groups is 1. The fraction of sp³-hybridized carbons (Fsp3) is 0.400. The fourth-order valence-corrected chi connectivity index (χ4v) is 1.33. The quantitative estimate of drug-likeness (QED) is 0.647. The number of hydrogen-bond donors (Lipinski definition) is 2. The second kappa shape index (κ2) is 5.55. The molecule has 0 aliphatic rings. The van der Waals surface area contributed by atoms with E-state index in [9.17, 15) is 4.79 Å². The molecule has 1 aromatic rings. The van der Waals surface area contributed by atoms with Crippen LogP contribution >= 0.6 is 27.5 Å². The van der Waals surface area contributed by atoms with Crippen LogP contribution in [0.4, 0.5) is 10.6 Å². The van der Waals surface area contributed by atoms with Gasteiger partial charge in [-0.05, 0) is 48.8 Å². The average Bonchev–Trinajstić information content (AvgIpc) is 2.17. The predicted octanol–water partition coefficient (Wildman–Crippen LogP) is 3.35. The third-order valence-corrected chi connectivity index (χ3v) is 2.63. The van der Waals surface area contributed by atoms with Gasteiger partial charge in [0.15, 0.2) is 0 Å². The van der Waals surface area contributed by atoms with Crippen LogP contribution in [0, 0.1) is 0 Å². The zero-order valence-electron chi connectivity index (χ0n) is 9.67. The molecule has 94 valence electrons. The summed E-state index contributed by atoms with van der Waals surface area (Å²) < 4.78 is 5.53. The van der Waals surface area contributed by atoms with E-state index in [4.69, 9.17) is 16.3 Å². The van der Waals surface area contributed by atoms with E-state index in [1.54, 1.807) is 32.9 Å². The van der Waals surface area contributed by atoms with Crippen molar-refractivity contribution in [1.29, 1.82) is 0 Å². The first-order valence-corrected chi connectivity index (χ1v) is 6.02. The van der Waals surface area contributed by atoms with Crippen molar-refractivity contribution >= 4 is 39.4 Å². The number of carbonyl (C=O) groups excluding carboxylic acids is 1. The van der Waals surface area contributed by atoms with E-state index in [1.807, 2.05) is 0 Å². The van der Waals surface area contributed by atoms with Crippen molar-refractivity contribution in [2.75, 3.05) is 5.43 Å². The molecule has 0 saturated heterocycles. The van der Waals surface area contributed by atoms with Crippen LogP contribution in [-0.4, -0.2) is 16.7 Å². The minimum atomic E-state index is -0.578.